The van der Waals surface area contributed by atoms with E-state index in [4.69, 9.17) is 4.74 Å². The number of hydrogen-bond donors (Lipinski definition) is 1. The van der Waals surface area contributed by atoms with E-state index in [1.54, 1.807) is 18.2 Å². The lowest BCUT2D eigenvalue weighted by atomic mass is 9.84. The van der Waals surface area contributed by atoms with Gasteiger partial charge in [0.15, 0.2) is 0 Å². The molecular formula is C24H30O3. The summed E-state index contributed by atoms with van der Waals surface area (Å²) >= 11 is 0. The van der Waals surface area contributed by atoms with Crippen molar-refractivity contribution in [2.24, 2.45) is 5.92 Å². The minimum atomic E-state index is -0.896. The Labute approximate surface area is 162 Å². The van der Waals surface area contributed by atoms with Crippen molar-refractivity contribution in [2.75, 3.05) is 0 Å². The van der Waals surface area contributed by atoms with Crippen LogP contribution >= 0.6 is 0 Å². The van der Waals surface area contributed by atoms with Gasteiger partial charge >= 0.3 is 5.97 Å². The molecule has 1 unspecified atom stereocenters. The maximum absolute atomic E-state index is 11.2. The van der Waals surface area contributed by atoms with Gasteiger partial charge in [-0.1, -0.05) is 56.5 Å². The van der Waals surface area contributed by atoms with Gasteiger partial charge in [0.1, 0.15) is 0 Å². The predicted octanol–water partition coefficient (Wildman–Crippen LogP) is 6.24. The van der Waals surface area contributed by atoms with Crippen molar-refractivity contribution in [3.63, 3.8) is 0 Å². The van der Waals surface area contributed by atoms with Crippen LogP contribution in [-0.2, 0) is 11.3 Å². The van der Waals surface area contributed by atoms with E-state index in [1.807, 2.05) is 6.07 Å². The fraction of sp³-hybridized carbons (Fsp3) is 0.458. The van der Waals surface area contributed by atoms with E-state index >= 15 is 0 Å². The lowest BCUT2D eigenvalue weighted by molar-refractivity contribution is -0.0123. The first-order valence-electron chi connectivity index (χ1n) is 10.1. The second-order valence-electron chi connectivity index (χ2n) is 7.69. The Balaban J connectivity index is 1.69. The molecule has 0 bridgehead atoms. The highest BCUT2D eigenvalue weighted by atomic mass is 16.5. The minimum absolute atomic E-state index is 0.317. The maximum atomic E-state index is 11.2. The largest absolute Gasteiger partial charge is 0.478 e. The first-order chi connectivity index (χ1) is 13.1. The van der Waals surface area contributed by atoms with Gasteiger partial charge in [-0.2, -0.15) is 0 Å². The maximum Gasteiger partial charge on any atom is 0.335 e. The highest BCUT2D eigenvalue weighted by Crippen LogP contribution is 2.30. The molecule has 0 amide bonds. The minimum Gasteiger partial charge on any atom is -0.478 e. The number of ether oxygens (including phenoxy) is 1. The molecule has 1 saturated carbocycles. The quantitative estimate of drug-likeness (QED) is 0.631. The third-order valence-corrected chi connectivity index (χ3v) is 5.75. The molecule has 1 fully saturated rings. The van der Waals surface area contributed by atoms with Gasteiger partial charge in [-0.3, -0.25) is 0 Å². The van der Waals surface area contributed by atoms with Gasteiger partial charge < -0.3 is 9.84 Å². The summed E-state index contributed by atoms with van der Waals surface area (Å²) in [7, 11) is 0. The number of carboxylic acids is 1. The van der Waals surface area contributed by atoms with Crippen molar-refractivity contribution in [1.29, 1.82) is 0 Å². The zero-order valence-corrected chi connectivity index (χ0v) is 16.4. The van der Waals surface area contributed by atoms with Gasteiger partial charge in [-0.15, -0.1) is 0 Å². The molecule has 144 valence electrons. The monoisotopic (exact) mass is 366 g/mol. The van der Waals surface area contributed by atoms with Gasteiger partial charge in [0, 0.05) is 0 Å². The molecule has 27 heavy (non-hydrogen) atoms. The average Bonchev–Trinajstić information content (AvgIpc) is 2.69. The number of carbonyl (C=O) groups is 1. The Morgan fingerprint density at radius 2 is 1.93 bits per heavy atom. The zero-order chi connectivity index (χ0) is 19.2. The van der Waals surface area contributed by atoms with Gasteiger partial charge in [0.25, 0.3) is 0 Å². The van der Waals surface area contributed by atoms with Crippen LogP contribution in [0, 0.1) is 12.8 Å². The third-order valence-electron chi connectivity index (χ3n) is 5.75. The molecule has 0 spiro atoms. The van der Waals surface area contributed by atoms with Crippen LogP contribution in [-0.4, -0.2) is 17.2 Å². The number of carboxylic acid groups (broad SMARTS) is 1. The molecular weight excluding hydrogens is 336 g/mol. The van der Waals surface area contributed by atoms with Crippen LogP contribution in [0.3, 0.4) is 0 Å². The fourth-order valence-corrected chi connectivity index (χ4v) is 4.26. The van der Waals surface area contributed by atoms with Gasteiger partial charge in [-0.05, 0) is 66.5 Å². The Hall–Kier alpha value is -2.13. The van der Waals surface area contributed by atoms with Crippen LogP contribution in [0.25, 0.3) is 11.1 Å². The summed E-state index contributed by atoms with van der Waals surface area (Å²) in [5, 5.41) is 9.21. The number of rotatable bonds is 7. The van der Waals surface area contributed by atoms with Gasteiger partial charge in [0.2, 0.25) is 0 Å². The summed E-state index contributed by atoms with van der Waals surface area (Å²) in [6.45, 7) is 4.94. The average molecular weight is 367 g/mol. The lowest BCUT2D eigenvalue weighted by Gasteiger charge is -2.29. The summed E-state index contributed by atoms with van der Waals surface area (Å²) in [6.07, 6.45) is 8.09. The van der Waals surface area contributed by atoms with Crippen molar-refractivity contribution in [3.8, 4) is 11.1 Å². The first kappa shape index (κ1) is 19.6. The van der Waals surface area contributed by atoms with Crippen LogP contribution in [0.4, 0.5) is 0 Å². The third kappa shape index (κ3) is 4.98. The highest BCUT2D eigenvalue weighted by molar-refractivity contribution is 5.89. The molecule has 2 aromatic rings. The summed E-state index contributed by atoms with van der Waals surface area (Å²) in [6, 6.07) is 13.5. The van der Waals surface area contributed by atoms with Gasteiger partial charge in [0.05, 0.1) is 18.3 Å². The van der Waals surface area contributed by atoms with E-state index in [2.05, 4.69) is 32.0 Å². The van der Waals surface area contributed by atoms with Crippen LogP contribution in [0.15, 0.2) is 42.5 Å². The van der Waals surface area contributed by atoms with Crippen LogP contribution < -0.4 is 0 Å². The molecule has 0 aromatic heterocycles. The van der Waals surface area contributed by atoms with Crippen molar-refractivity contribution >= 4 is 5.97 Å². The van der Waals surface area contributed by atoms with Crippen molar-refractivity contribution < 1.29 is 14.6 Å². The van der Waals surface area contributed by atoms with E-state index in [-0.39, 0.29) is 0 Å². The molecule has 0 saturated heterocycles. The molecule has 3 rings (SSSR count). The molecule has 0 radical (unpaired) electrons. The smallest absolute Gasteiger partial charge is 0.335 e. The van der Waals surface area contributed by atoms with Crippen molar-refractivity contribution in [3.05, 3.63) is 59.2 Å². The van der Waals surface area contributed by atoms with E-state index in [0.717, 1.165) is 23.1 Å². The molecule has 1 aliphatic rings. The number of aryl methyl sites for hydroxylation is 1. The van der Waals surface area contributed by atoms with E-state index < -0.39 is 5.97 Å². The molecule has 3 heteroatoms. The van der Waals surface area contributed by atoms with Crippen molar-refractivity contribution in [1.82, 2.24) is 0 Å². The van der Waals surface area contributed by atoms with Crippen molar-refractivity contribution in [2.45, 2.75) is 65.1 Å². The second kappa shape index (κ2) is 9.18. The van der Waals surface area contributed by atoms with Crippen LogP contribution in [0.1, 0.15) is 66.9 Å². The molecule has 1 aliphatic carbocycles. The Kier molecular flexibility index (Phi) is 6.68. The second-order valence-corrected chi connectivity index (χ2v) is 7.69. The van der Waals surface area contributed by atoms with Crippen LogP contribution in [0.2, 0.25) is 0 Å². The molecule has 1 N–H and O–H groups in total. The summed E-state index contributed by atoms with van der Waals surface area (Å²) < 4.78 is 6.29. The SMILES string of the molecule is CCC(OCc1ccc(-c2cccc(C(=O)O)c2)c(C)c1)C1CCCCC1. The summed E-state index contributed by atoms with van der Waals surface area (Å²) in [5.41, 5.74) is 4.65. The molecule has 2 aromatic carbocycles. The fourth-order valence-electron chi connectivity index (χ4n) is 4.26. The van der Waals surface area contributed by atoms with E-state index in [9.17, 15) is 9.90 Å². The Morgan fingerprint density at radius 3 is 2.59 bits per heavy atom. The summed E-state index contributed by atoms with van der Waals surface area (Å²) in [4.78, 5) is 11.2. The molecule has 0 heterocycles. The van der Waals surface area contributed by atoms with E-state index in [1.165, 1.54) is 37.7 Å². The number of hydrogen-bond acceptors (Lipinski definition) is 2. The molecule has 3 nitrogen and oxygen atoms in total. The molecule has 0 aliphatic heterocycles. The molecule has 1 atom stereocenters. The van der Waals surface area contributed by atoms with Gasteiger partial charge in [-0.25, -0.2) is 4.79 Å². The predicted molar refractivity (Wildman–Crippen MR) is 109 cm³/mol. The first-order valence-corrected chi connectivity index (χ1v) is 10.1. The normalized spacial score (nSPS) is 16.2. The lowest BCUT2D eigenvalue weighted by Crippen LogP contribution is -2.25. The number of benzene rings is 2. The summed E-state index contributed by atoms with van der Waals surface area (Å²) in [5.74, 6) is -0.185. The Morgan fingerprint density at radius 1 is 1.15 bits per heavy atom. The topological polar surface area (TPSA) is 46.5 Å². The standard InChI is InChI=1S/C24H30O3/c1-3-23(19-8-5-4-6-9-19)27-16-18-12-13-22(17(2)14-18)20-10-7-11-21(15-20)24(25)26/h7,10-15,19,23H,3-6,8-9,16H2,1-2H3,(H,25,26). The number of aromatic carboxylic acids is 1. The highest BCUT2D eigenvalue weighted by Gasteiger charge is 2.22. The van der Waals surface area contributed by atoms with Crippen LogP contribution in [0.5, 0.6) is 0 Å². The van der Waals surface area contributed by atoms with E-state index in [0.29, 0.717) is 24.2 Å². The zero-order valence-electron chi connectivity index (χ0n) is 16.4. The Bertz CT molecular complexity index is 775.